The summed E-state index contributed by atoms with van der Waals surface area (Å²) in [5.74, 6) is -1.66. The van der Waals surface area contributed by atoms with E-state index in [1.54, 1.807) is 0 Å². The summed E-state index contributed by atoms with van der Waals surface area (Å²) in [4.78, 5) is 10.9. The quantitative estimate of drug-likeness (QED) is 0.921. The van der Waals surface area contributed by atoms with Gasteiger partial charge in [0.2, 0.25) is 0 Å². The van der Waals surface area contributed by atoms with Crippen LogP contribution in [-0.4, -0.2) is 20.0 Å². The van der Waals surface area contributed by atoms with Crippen molar-refractivity contribution in [3.05, 3.63) is 34.6 Å². The molecule has 0 saturated carbocycles. The monoisotopic (exact) mass is 278 g/mol. The van der Waals surface area contributed by atoms with Gasteiger partial charge in [-0.2, -0.15) is 0 Å². The molecule has 0 aliphatic carbocycles. The Bertz CT molecular complexity index is 474. The van der Waals surface area contributed by atoms with Crippen molar-refractivity contribution in [1.82, 2.24) is 0 Å². The number of halogens is 2. The van der Waals surface area contributed by atoms with E-state index in [2.05, 4.69) is 0 Å². The summed E-state index contributed by atoms with van der Waals surface area (Å²) in [5, 5.41) is 8.85. The highest BCUT2D eigenvalue weighted by atomic mass is 35.5. The fourth-order valence-corrected chi connectivity index (χ4v) is 2.30. The van der Waals surface area contributed by atoms with Gasteiger partial charge in [0.25, 0.3) is 0 Å². The van der Waals surface area contributed by atoms with Gasteiger partial charge < -0.3 is 5.11 Å². The second kappa shape index (κ2) is 5.14. The van der Waals surface area contributed by atoms with Crippen LogP contribution in [0.2, 0.25) is 5.02 Å². The van der Waals surface area contributed by atoms with E-state index in [9.17, 15) is 13.4 Å². The van der Waals surface area contributed by atoms with Gasteiger partial charge in [0.15, 0.2) is 0 Å². The maximum absolute atomic E-state index is 12.9. The normalized spacial score (nSPS) is 13.4. The zero-order valence-corrected chi connectivity index (χ0v) is 10.9. The molecule has 1 N–H and O–H groups in total. The number of carboxylic acid groups (broad SMARTS) is 1. The van der Waals surface area contributed by atoms with Gasteiger partial charge in [0.05, 0.1) is 5.02 Å². The molecule has 1 aromatic carbocycles. The molecule has 94 valence electrons. The van der Waals surface area contributed by atoms with Crippen molar-refractivity contribution in [2.75, 3.05) is 0 Å². The summed E-state index contributed by atoms with van der Waals surface area (Å²) in [6, 6.07) is 3.96. The lowest BCUT2D eigenvalue weighted by atomic mass is 10.2. The Morgan fingerprint density at radius 1 is 1.53 bits per heavy atom. The average Bonchev–Trinajstić information content (AvgIpc) is 2.23. The van der Waals surface area contributed by atoms with E-state index in [1.807, 2.05) is 0 Å². The lowest BCUT2D eigenvalue weighted by Gasteiger charge is -2.18. The second-order valence-electron chi connectivity index (χ2n) is 4.05. The number of carboxylic acids is 1. The molecule has 1 aromatic rings. The third-order valence-corrected chi connectivity index (χ3v) is 4.56. The van der Waals surface area contributed by atoms with Crippen LogP contribution >= 0.6 is 11.6 Å². The lowest BCUT2D eigenvalue weighted by molar-refractivity contribution is -0.139. The Kier molecular flexibility index (Phi) is 4.27. The van der Waals surface area contributed by atoms with Crippen molar-refractivity contribution in [3.63, 3.8) is 0 Å². The first-order valence-electron chi connectivity index (χ1n) is 4.81. The summed E-state index contributed by atoms with van der Waals surface area (Å²) in [5.41, 5.74) is 0.545. The van der Waals surface area contributed by atoms with Crippen LogP contribution in [0.15, 0.2) is 18.2 Å². The molecule has 0 saturated heterocycles. The van der Waals surface area contributed by atoms with Crippen molar-refractivity contribution < 1.29 is 18.5 Å². The fraction of sp³-hybridized carbons (Fsp3) is 0.364. The number of benzene rings is 1. The second-order valence-corrected chi connectivity index (χ2v) is 6.46. The Labute approximate surface area is 106 Å². The molecule has 0 aromatic heterocycles. The maximum Gasteiger partial charge on any atom is 0.321 e. The van der Waals surface area contributed by atoms with Gasteiger partial charge in [0.1, 0.15) is 10.6 Å². The molecule has 6 heteroatoms. The lowest BCUT2D eigenvalue weighted by Crippen LogP contribution is -2.37. The van der Waals surface area contributed by atoms with Crippen LogP contribution in [0.25, 0.3) is 0 Å². The third-order valence-electron chi connectivity index (χ3n) is 2.37. The molecule has 3 nitrogen and oxygen atoms in total. The minimum atomic E-state index is -1.61. The molecule has 0 fully saturated rings. The van der Waals surface area contributed by atoms with E-state index in [0.717, 1.165) is 0 Å². The summed E-state index contributed by atoms with van der Waals surface area (Å²) < 4.78 is 23.4. The number of hydrogen-bond acceptors (Lipinski definition) is 2. The highest BCUT2D eigenvalue weighted by Gasteiger charge is 2.34. The Balaban J connectivity index is 2.89. The molecule has 0 aliphatic rings. The summed E-state index contributed by atoms with van der Waals surface area (Å²) in [7, 11) is -1.61. The van der Waals surface area contributed by atoms with E-state index >= 15 is 0 Å². The topological polar surface area (TPSA) is 54.4 Å². The van der Waals surface area contributed by atoms with E-state index in [4.69, 9.17) is 16.7 Å². The molecular weight excluding hydrogens is 267 g/mol. The largest absolute Gasteiger partial charge is 0.480 e. The number of aliphatic carboxylic acids is 1. The molecule has 1 atom stereocenters. The summed E-state index contributed by atoms with van der Waals surface area (Å²) >= 11 is 5.58. The van der Waals surface area contributed by atoms with E-state index in [0.29, 0.717) is 5.56 Å². The zero-order valence-electron chi connectivity index (χ0n) is 9.37. The third kappa shape index (κ3) is 3.26. The molecule has 17 heavy (non-hydrogen) atoms. The molecule has 0 radical (unpaired) electrons. The van der Waals surface area contributed by atoms with Gasteiger partial charge in [-0.05, 0) is 31.5 Å². The van der Waals surface area contributed by atoms with Crippen molar-refractivity contribution >= 4 is 28.4 Å². The van der Waals surface area contributed by atoms with Gasteiger partial charge in [0, 0.05) is 16.6 Å². The van der Waals surface area contributed by atoms with E-state index < -0.39 is 27.3 Å². The first kappa shape index (κ1) is 14.1. The molecule has 1 rings (SSSR count). The Hall–Kier alpha value is -0.940. The molecule has 0 aliphatic heterocycles. The van der Waals surface area contributed by atoms with Gasteiger partial charge in [-0.3, -0.25) is 9.00 Å². The standard InChI is InChI=1S/C11H12ClFO3S/c1-11(2,10(14)15)17(16)6-7-3-4-9(13)8(12)5-7/h3-5H,6H2,1-2H3,(H,14,15). The molecule has 1 unspecified atom stereocenters. The predicted octanol–water partition coefficient (Wildman–Crippen LogP) is 2.59. The molecule has 0 amide bonds. The van der Waals surface area contributed by atoms with Gasteiger partial charge in [-0.25, -0.2) is 4.39 Å². The van der Waals surface area contributed by atoms with Crippen LogP contribution < -0.4 is 0 Å². The fourth-order valence-electron chi connectivity index (χ4n) is 1.06. The average molecular weight is 279 g/mol. The SMILES string of the molecule is CC(C)(C(=O)O)S(=O)Cc1ccc(F)c(Cl)c1. The Morgan fingerprint density at radius 3 is 2.59 bits per heavy atom. The minimum absolute atomic E-state index is 0.0271. The number of carbonyl (C=O) groups is 1. The smallest absolute Gasteiger partial charge is 0.321 e. The number of rotatable bonds is 4. The molecule has 0 bridgehead atoms. The minimum Gasteiger partial charge on any atom is -0.480 e. The first-order valence-corrected chi connectivity index (χ1v) is 6.50. The maximum atomic E-state index is 12.9. The summed E-state index contributed by atoms with van der Waals surface area (Å²) in [6.07, 6.45) is 0. The van der Waals surface area contributed by atoms with Crippen molar-refractivity contribution in [1.29, 1.82) is 0 Å². The van der Waals surface area contributed by atoms with Crippen LogP contribution in [0.5, 0.6) is 0 Å². The number of hydrogen-bond donors (Lipinski definition) is 1. The van der Waals surface area contributed by atoms with Crippen LogP contribution in [0.4, 0.5) is 4.39 Å². The van der Waals surface area contributed by atoms with E-state index in [1.165, 1.54) is 32.0 Å². The zero-order chi connectivity index (χ0) is 13.2. The Morgan fingerprint density at radius 2 is 2.12 bits per heavy atom. The van der Waals surface area contributed by atoms with E-state index in [-0.39, 0.29) is 10.8 Å². The van der Waals surface area contributed by atoms with Gasteiger partial charge in [-0.1, -0.05) is 17.7 Å². The van der Waals surface area contributed by atoms with Crippen molar-refractivity contribution in [2.24, 2.45) is 0 Å². The molecule has 0 heterocycles. The van der Waals surface area contributed by atoms with Crippen LogP contribution in [0.3, 0.4) is 0 Å². The van der Waals surface area contributed by atoms with Crippen LogP contribution in [0.1, 0.15) is 19.4 Å². The predicted molar refractivity (Wildman–Crippen MR) is 65.0 cm³/mol. The highest BCUT2D eigenvalue weighted by Crippen LogP contribution is 2.21. The van der Waals surface area contributed by atoms with Crippen LogP contribution in [0, 0.1) is 5.82 Å². The van der Waals surface area contributed by atoms with Crippen molar-refractivity contribution in [2.45, 2.75) is 24.3 Å². The van der Waals surface area contributed by atoms with Crippen LogP contribution in [-0.2, 0) is 21.3 Å². The summed E-state index contributed by atoms with van der Waals surface area (Å²) in [6.45, 7) is 2.77. The van der Waals surface area contributed by atoms with Gasteiger partial charge in [-0.15, -0.1) is 0 Å². The highest BCUT2D eigenvalue weighted by molar-refractivity contribution is 7.86. The molecule has 0 spiro atoms. The molecular formula is C11H12ClFO3S. The first-order chi connectivity index (χ1) is 7.75. The van der Waals surface area contributed by atoms with Crippen molar-refractivity contribution in [3.8, 4) is 0 Å². The van der Waals surface area contributed by atoms with Gasteiger partial charge >= 0.3 is 5.97 Å².